The van der Waals surface area contributed by atoms with E-state index in [-0.39, 0.29) is 12.3 Å². The minimum atomic E-state index is -4.46. The van der Waals surface area contributed by atoms with Gasteiger partial charge in [-0.25, -0.2) is 21.2 Å². The van der Waals surface area contributed by atoms with E-state index in [1.54, 1.807) is 6.92 Å². The van der Waals surface area contributed by atoms with Crippen LogP contribution in [0.25, 0.3) is 0 Å². The fourth-order valence-electron chi connectivity index (χ4n) is 2.33. The first-order chi connectivity index (χ1) is 12.6. The number of ether oxygens (including phenoxy) is 1. The van der Waals surface area contributed by atoms with Crippen LogP contribution in [0.4, 0.5) is 10.1 Å². The largest absolute Gasteiger partial charge is 0.465 e. The number of nitrogens with zero attached hydrogens (tertiary/aromatic N) is 1. The molecule has 27 heavy (non-hydrogen) atoms. The van der Waals surface area contributed by atoms with Crippen LogP contribution in [0.3, 0.4) is 0 Å². The minimum absolute atomic E-state index is 0.00671. The van der Waals surface area contributed by atoms with Crippen LogP contribution in [-0.2, 0) is 29.4 Å². The Morgan fingerprint density at radius 1 is 1.00 bits per heavy atom. The molecule has 0 N–H and O–H groups in total. The van der Waals surface area contributed by atoms with Crippen molar-refractivity contribution in [3.63, 3.8) is 0 Å². The van der Waals surface area contributed by atoms with Gasteiger partial charge >= 0.3 is 5.97 Å². The number of sulfonamides is 1. The van der Waals surface area contributed by atoms with Gasteiger partial charge < -0.3 is 4.74 Å². The normalized spacial score (nSPS) is 11.8. The highest BCUT2D eigenvalue weighted by molar-refractivity contribution is 7.95. The van der Waals surface area contributed by atoms with E-state index in [2.05, 4.69) is 0 Å². The number of carbonyl (C=O) groups is 1. The highest BCUT2D eigenvalue weighted by Gasteiger charge is 2.32. The molecule has 0 saturated carbocycles. The van der Waals surface area contributed by atoms with Crippen LogP contribution < -0.4 is 4.31 Å². The summed E-state index contributed by atoms with van der Waals surface area (Å²) >= 11 is 0. The summed E-state index contributed by atoms with van der Waals surface area (Å²) in [5.41, 5.74) is -0.00671. The number of halogens is 1. The van der Waals surface area contributed by atoms with Crippen LogP contribution in [0, 0.1) is 5.82 Å². The van der Waals surface area contributed by atoms with E-state index in [1.165, 1.54) is 24.3 Å². The van der Waals surface area contributed by atoms with E-state index in [1.807, 2.05) is 0 Å². The van der Waals surface area contributed by atoms with Crippen molar-refractivity contribution in [1.29, 1.82) is 0 Å². The molecule has 0 aliphatic carbocycles. The maximum absolute atomic E-state index is 13.2. The van der Waals surface area contributed by atoms with Gasteiger partial charge in [0.05, 0.1) is 17.2 Å². The molecule has 0 fully saturated rings. The Kier molecular flexibility index (Phi) is 6.22. The van der Waals surface area contributed by atoms with Crippen LogP contribution in [0.15, 0.2) is 58.3 Å². The number of carbonyl (C=O) groups excluding carboxylic acids is 1. The third-order valence-electron chi connectivity index (χ3n) is 3.51. The van der Waals surface area contributed by atoms with Crippen LogP contribution >= 0.6 is 0 Å². The van der Waals surface area contributed by atoms with E-state index in [9.17, 15) is 26.0 Å². The van der Waals surface area contributed by atoms with Crippen molar-refractivity contribution in [3.8, 4) is 0 Å². The third-order valence-corrected chi connectivity index (χ3v) is 6.63. The minimum Gasteiger partial charge on any atom is -0.465 e. The maximum Gasteiger partial charge on any atom is 0.326 e. The first kappa shape index (κ1) is 20.8. The molecule has 0 aliphatic rings. The standard InChI is InChI=1S/C17H18FNO6S2/c1-3-25-17(20)12-19(14-10-8-13(18)9-11-14)27(23,24)16-7-5-4-6-15(16)26(2,21)22/h4-11H,3,12H2,1-2H3. The smallest absolute Gasteiger partial charge is 0.326 e. The second-order valence-electron chi connectivity index (χ2n) is 5.51. The molecule has 2 rings (SSSR count). The number of benzene rings is 2. The van der Waals surface area contributed by atoms with Crippen LogP contribution in [0.2, 0.25) is 0 Å². The Bertz CT molecular complexity index is 1030. The molecule has 7 nitrogen and oxygen atoms in total. The Hall–Kier alpha value is -2.46. The van der Waals surface area contributed by atoms with E-state index in [0.29, 0.717) is 4.31 Å². The van der Waals surface area contributed by atoms with Crippen LogP contribution in [0.5, 0.6) is 0 Å². The average molecular weight is 415 g/mol. The number of hydrogen-bond donors (Lipinski definition) is 0. The van der Waals surface area contributed by atoms with Gasteiger partial charge in [0.2, 0.25) is 0 Å². The van der Waals surface area contributed by atoms with Gasteiger partial charge in [-0.15, -0.1) is 0 Å². The lowest BCUT2D eigenvalue weighted by Gasteiger charge is -2.24. The fourth-order valence-corrected chi connectivity index (χ4v) is 5.35. The number of esters is 1. The van der Waals surface area contributed by atoms with Gasteiger partial charge in [-0.2, -0.15) is 0 Å². The highest BCUT2D eigenvalue weighted by atomic mass is 32.2. The first-order valence-electron chi connectivity index (χ1n) is 7.80. The van der Waals surface area contributed by atoms with E-state index in [0.717, 1.165) is 30.5 Å². The van der Waals surface area contributed by atoms with Crippen LogP contribution in [-0.4, -0.2) is 42.2 Å². The molecule has 0 heterocycles. The van der Waals surface area contributed by atoms with Crippen molar-refractivity contribution in [3.05, 3.63) is 54.3 Å². The Balaban J connectivity index is 2.64. The molecule has 0 atom stereocenters. The van der Waals surface area contributed by atoms with E-state index in [4.69, 9.17) is 4.74 Å². The van der Waals surface area contributed by atoms with Crippen molar-refractivity contribution in [2.75, 3.05) is 23.7 Å². The summed E-state index contributed by atoms with van der Waals surface area (Å²) in [5, 5.41) is 0. The first-order valence-corrected chi connectivity index (χ1v) is 11.1. The summed E-state index contributed by atoms with van der Waals surface area (Å²) in [5.74, 6) is -1.42. The molecule has 0 saturated heterocycles. The lowest BCUT2D eigenvalue weighted by molar-refractivity contribution is -0.141. The second kappa shape index (κ2) is 8.05. The predicted molar refractivity (Wildman–Crippen MR) is 97.1 cm³/mol. The quantitative estimate of drug-likeness (QED) is 0.642. The Morgan fingerprint density at radius 2 is 1.56 bits per heavy atom. The van der Waals surface area contributed by atoms with Crippen LogP contribution in [0.1, 0.15) is 6.92 Å². The summed E-state index contributed by atoms with van der Waals surface area (Å²) in [6.45, 7) is 0.906. The molecular formula is C17H18FNO6S2. The highest BCUT2D eigenvalue weighted by Crippen LogP contribution is 2.28. The number of anilines is 1. The molecule has 0 unspecified atom stereocenters. The molecule has 0 amide bonds. The summed E-state index contributed by atoms with van der Waals surface area (Å²) in [7, 11) is -8.32. The van der Waals surface area contributed by atoms with Gasteiger partial charge in [-0.05, 0) is 43.3 Å². The maximum atomic E-state index is 13.2. The van der Waals surface area contributed by atoms with E-state index >= 15 is 0 Å². The molecule has 0 radical (unpaired) electrons. The monoisotopic (exact) mass is 415 g/mol. The summed E-state index contributed by atoms with van der Waals surface area (Å²) in [6.07, 6.45) is 0.884. The van der Waals surface area contributed by atoms with Crippen molar-refractivity contribution >= 4 is 31.5 Å². The molecule has 2 aromatic carbocycles. The zero-order valence-electron chi connectivity index (χ0n) is 14.6. The lowest BCUT2D eigenvalue weighted by atomic mass is 10.3. The Labute approximate surface area is 157 Å². The lowest BCUT2D eigenvalue weighted by Crippen LogP contribution is -2.37. The van der Waals surface area contributed by atoms with Crippen molar-refractivity contribution in [1.82, 2.24) is 0 Å². The number of hydrogen-bond acceptors (Lipinski definition) is 6. The van der Waals surface area contributed by atoms with Gasteiger partial charge in [0.25, 0.3) is 10.0 Å². The zero-order valence-corrected chi connectivity index (χ0v) is 16.3. The van der Waals surface area contributed by atoms with Crippen molar-refractivity contribution < 1.29 is 30.8 Å². The molecule has 10 heteroatoms. The summed E-state index contributed by atoms with van der Waals surface area (Å²) in [4.78, 5) is 11.0. The summed E-state index contributed by atoms with van der Waals surface area (Å²) < 4.78 is 69.1. The second-order valence-corrected chi connectivity index (χ2v) is 9.33. The number of sulfone groups is 1. The van der Waals surface area contributed by atoms with Gasteiger partial charge in [0.15, 0.2) is 9.84 Å². The molecule has 0 aromatic heterocycles. The van der Waals surface area contributed by atoms with Crippen molar-refractivity contribution in [2.45, 2.75) is 16.7 Å². The van der Waals surface area contributed by atoms with E-state index < -0.39 is 48.0 Å². The SMILES string of the molecule is CCOC(=O)CN(c1ccc(F)cc1)S(=O)(=O)c1ccccc1S(C)(=O)=O. The molecule has 146 valence electrons. The Morgan fingerprint density at radius 3 is 2.07 bits per heavy atom. The topological polar surface area (TPSA) is 97.8 Å². The average Bonchev–Trinajstić information content (AvgIpc) is 2.60. The molecule has 0 spiro atoms. The van der Waals surface area contributed by atoms with Crippen molar-refractivity contribution in [2.24, 2.45) is 0 Å². The van der Waals surface area contributed by atoms with Gasteiger partial charge in [0, 0.05) is 6.26 Å². The molecule has 0 bridgehead atoms. The molecular weight excluding hydrogens is 397 g/mol. The molecule has 2 aromatic rings. The van der Waals surface area contributed by atoms with Gasteiger partial charge in [0.1, 0.15) is 17.3 Å². The van der Waals surface area contributed by atoms with Gasteiger partial charge in [-0.3, -0.25) is 9.10 Å². The summed E-state index contributed by atoms with van der Waals surface area (Å²) in [6, 6.07) is 9.47. The fraction of sp³-hybridized carbons (Fsp3) is 0.235. The molecule has 0 aliphatic heterocycles. The third kappa shape index (κ3) is 4.83. The predicted octanol–water partition coefficient (Wildman–Crippen LogP) is 1.99. The van der Waals surface area contributed by atoms with Gasteiger partial charge in [-0.1, -0.05) is 12.1 Å². The number of rotatable bonds is 7. The zero-order chi connectivity index (χ0) is 20.2.